The van der Waals surface area contributed by atoms with Gasteiger partial charge in [0.2, 0.25) is 0 Å². The van der Waals surface area contributed by atoms with Gasteiger partial charge in [-0.25, -0.2) is 0 Å². The van der Waals surface area contributed by atoms with Crippen molar-refractivity contribution in [3.63, 3.8) is 0 Å². The number of amides is 2. The number of halogens is 1. The number of nitrogens with two attached hydrogens (primary N) is 1. The Morgan fingerprint density at radius 2 is 1.75 bits per heavy atom. The minimum absolute atomic E-state index is 0.204. The first-order chi connectivity index (χ1) is 15.3. The molecular weight excluding hydrogens is 470 g/mol. The highest BCUT2D eigenvalue weighted by Crippen LogP contribution is 2.23. The second-order valence-corrected chi connectivity index (χ2v) is 9.28. The van der Waals surface area contributed by atoms with Crippen molar-refractivity contribution in [1.82, 2.24) is 15.1 Å². The van der Waals surface area contributed by atoms with Gasteiger partial charge in [0.25, 0.3) is 11.8 Å². The Morgan fingerprint density at radius 3 is 2.38 bits per heavy atom. The van der Waals surface area contributed by atoms with Crippen LogP contribution in [0.15, 0.2) is 46.9 Å². The average molecular weight is 502 g/mol. The highest BCUT2D eigenvalue weighted by Gasteiger charge is 2.22. The van der Waals surface area contributed by atoms with Crippen LogP contribution >= 0.6 is 15.9 Å². The quantitative estimate of drug-likeness (QED) is 0.550. The lowest BCUT2D eigenvalue weighted by Crippen LogP contribution is -2.48. The van der Waals surface area contributed by atoms with Crippen molar-refractivity contribution in [3.05, 3.63) is 63.6 Å². The number of rotatable bonds is 9. The van der Waals surface area contributed by atoms with Crippen LogP contribution in [0, 0.1) is 0 Å². The molecule has 0 spiro atoms. The number of hydrogen-bond donors (Lipinski definition) is 2. The van der Waals surface area contributed by atoms with Crippen LogP contribution in [0.4, 0.5) is 5.69 Å². The van der Waals surface area contributed by atoms with Gasteiger partial charge in [0.1, 0.15) is 0 Å². The molecule has 3 N–H and O–H groups in total. The molecule has 1 saturated heterocycles. The smallest absolute Gasteiger partial charge is 0.251 e. The fourth-order valence-electron chi connectivity index (χ4n) is 3.78. The van der Waals surface area contributed by atoms with Gasteiger partial charge in [-0.3, -0.25) is 14.5 Å². The van der Waals surface area contributed by atoms with Crippen LogP contribution in [0.2, 0.25) is 0 Å². The molecule has 2 amide bonds. The Bertz CT molecular complexity index is 924. The molecular formula is C24H32BrN5O2. The average Bonchev–Trinajstić information content (AvgIpc) is 2.79. The lowest BCUT2D eigenvalue weighted by molar-refractivity contribution is 0.0954. The molecule has 8 heteroatoms. The predicted molar refractivity (Wildman–Crippen MR) is 132 cm³/mol. The van der Waals surface area contributed by atoms with Gasteiger partial charge >= 0.3 is 0 Å². The van der Waals surface area contributed by atoms with Crippen molar-refractivity contribution >= 4 is 33.4 Å². The van der Waals surface area contributed by atoms with Gasteiger partial charge in [-0.2, -0.15) is 0 Å². The van der Waals surface area contributed by atoms with Gasteiger partial charge in [-0.15, -0.1) is 0 Å². The number of hydrogen-bond acceptors (Lipinski definition) is 5. The van der Waals surface area contributed by atoms with Crippen LogP contribution in [0.5, 0.6) is 0 Å². The van der Waals surface area contributed by atoms with Crippen molar-refractivity contribution in [3.8, 4) is 0 Å². The molecule has 3 rings (SSSR count). The van der Waals surface area contributed by atoms with Crippen LogP contribution < -0.4 is 16.0 Å². The minimum atomic E-state index is -0.514. The number of likely N-dealkylation sites (N-methyl/N-ethyl adjacent to an activating group) is 1. The Hall–Kier alpha value is -2.42. The maximum atomic E-state index is 12.6. The molecule has 7 nitrogen and oxygen atoms in total. The number of carbonyl (C=O) groups is 2. The number of carbonyl (C=O) groups excluding carboxylic acids is 2. The predicted octanol–water partition coefficient (Wildman–Crippen LogP) is 2.20. The van der Waals surface area contributed by atoms with E-state index in [4.69, 9.17) is 5.73 Å². The van der Waals surface area contributed by atoms with E-state index in [9.17, 15) is 9.59 Å². The molecule has 0 radical (unpaired) electrons. The van der Waals surface area contributed by atoms with Crippen molar-refractivity contribution in [2.75, 3.05) is 64.8 Å². The standard InChI is InChI=1S/C24H32BrN5O2/c1-28(2)11-12-29-13-15-30(16-14-29)22-8-5-19(17-21(22)23(26)31)24(32)27-10-9-18-3-6-20(25)7-4-18/h3-8,17H,9-16H2,1-2H3,(H2,26,31)(H,27,32). The maximum absolute atomic E-state index is 12.6. The molecule has 0 unspecified atom stereocenters. The third kappa shape index (κ3) is 6.79. The summed E-state index contributed by atoms with van der Waals surface area (Å²) < 4.78 is 1.03. The molecule has 1 heterocycles. The lowest BCUT2D eigenvalue weighted by Gasteiger charge is -2.37. The number of piperazine rings is 1. The fraction of sp³-hybridized carbons (Fsp3) is 0.417. The van der Waals surface area contributed by atoms with E-state index in [1.807, 2.05) is 30.3 Å². The highest BCUT2D eigenvalue weighted by molar-refractivity contribution is 9.10. The van der Waals surface area contributed by atoms with E-state index < -0.39 is 5.91 Å². The second-order valence-electron chi connectivity index (χ2n) is 8.36. The molecule has 0 saturated carbocycles. The van der Waals surface area contributed by atoms with E-state index in [0.717, 1.165) is 61.4 Å². The van der Waals surface area contributed by atoms with Gasteiger partial charge < -0.3 is 20.9 Å². The van der Waals surface area contributed by atoms with Crippen molar-refractivity contribution < 1.29 is 9.59 Å². The number of anilines is 1. The first-order valence-corrected chi connectivity index (χ1v) is 11.7. The van der Waals surface area contributed by atoms with Crippen LogP contribution in [0.25, 0.3) is 0 Å². The zero-order valence-corrected chi connectivity index (χ0v) is 20.4. The van der Waals surface area contributed by atoms with Gasteiger partial charge in [-0.05, 0) is 56.4 Å². The third-order valence-electron chi connectivity index (χ3n) is 5.71. The molecule has 32 heavy (non-hydrogen) atoms. The van der Waals surface area contributed by atoms with Gasteiger partial charge in [0.05, 0.1) is 5.56 Å². The monoisotopic (exact) mass is 501 g/mol. The van der Waals surface area contributed by atoms with Gasteiger partial charge in [0, 0.05) is 61.5 Å². The second kappa shape index (κ2) is 11.4. The largest absolute Gasteiger partial charge is 0.368 e. The van der Waals surface area contributed by atoms with Gasteiger partial charge in [0.15, 0.2) is 0 Å². The molecule has 1 aliphatic rings. The van der Waals surface area contributed by atoms with E-state index in [1.165, 1.54) is 0 Å². The summed E-state index contributed by atoms with van der Waals surface area (Å²) in [5.41, 5.74) is 8.46. The van der Waals surface area contributed by atoms with E-state index >= 15 is 0 Å². The van der Waals surface area contributed by atoms with Crippen molar-refractivity contribution in [2.45, 2.75) is 6.42 Å². The normalized spacial score (nSPS) is 14.6. The van der Waals surface area contributed by atoms with Crippen LogP contribution in [-0.4, -0.2) is 81.5 Å². The minimum Gasteiger partial charge on any atom is -0.368 e. The zero-order chi connectivity index (χ0) is 23.1. The summed E-state index contributed by atoms with van der Waals surface area (Å²) in [5.74, 6) is -0.718. The lowest BCUT2D eigenvalue weighted by atomic mass is 10.1. The Kier molecular flexibility index (Phi) is 8.67. The Labute approximate surface area is 198 Å². The zero-order valence-electron chi connectivity index (χ0n) is 18.8. The molecule has 172 valence electrons. The van der Waals surface area contributed by atoms with E-state index in [1.54, 1.807) is 12.1 Å². The summed E-state index contributed by atoms with van der Waals surface area (Å²) in [4.78, 5) is 31.6. The molecule has 2 aromatic rings. The molecule has 1 aliphatic heterocycles. The van der Waals surface area contributed by atoms with E-state index in [-0.39, 0.29) is 5.91 Å². The number of nitrogens with one attached hydrogen (secondary N) is 1. The first-order valence-electron chi connectivity index (χ1n) is 10.9. The molecule has 1 fully saturated rings. The summed E-state index contributed by atoms with van der Waals surface area (Å²) in [5, 5.41) is 2.93. The topological polar surface area (TPSA) is 81.9 Å². The molecule has 0 aromatic heterocycles. The first kappa shape index (κ1) is 24.2. The summed E-state index contributed by atoms with van der Waals surface area (Å²) in [6.07, 6.45) is 0.734. The third-order valence-corrected chi connectivity index (χ3v) is 6.24. The maximum Gasteiger partial charge on any atom is 0.251 e. The highest BCUT2D eigenvalue weighted by atomic mass is 79.9. The van der Waals surface area contributed by atoms with Crippen molar-refractivity contribution in [1.29, 1.82) is 0 Å². The van der Waals surface area contributed by atoms with Gasteiger partial charge in [-0.1, -0.05) is 28.1 Å². The number of primary amides is 1. The molecule has 0 aliphatic carbocycles. The molecule has 0 atom stereocenters. The van der Waals surface area contributed by atoms with Crippen LogP contribution in [0.1, 0.15) is 26.3 Å². The molecule has 0 bridgehead atoms. The summed E-state index contributed by atoms with van der Waals surface area (Å²) in [6, 6.07) is 13.3. The fourth-order valence-corrected chi connectivity index (χ4v) is 4.04. The summed E-state index contributed by atoms with van der Waals surface area (Å²) in [6.45, 7) is 6.09. The van der Waals surface area contributed by atoms with E-state index in [2.05, 4.69) is 50.0 Å². The summed E-state index contributed by atoms with van der Waals surface area (Å²) in [7, 11) is 4.15. The molecule has 2 aromatic carbocycles. The van der Waals surface area contributed by atoms with Crippen LogP contribution in [-0.2, 0) is 6.42 Å². The van der Waals surface area contributed by atoms with E-state index in [0.29, 0.717) is 17.7 Å². The summed E-state index contributed by atoms with van der Waals surface area (Å²) >= 11 is 3.42. The Morgan fingerprint density at radius 1 is 1.06 bits per heavy atom. The number of nitrogens with zero attached hydrogens (tertiary/aromatic N) is 3. The SMILES string of the molecule is CN(C)CCN1CCN(c2ccc(C(=O)NCCc3ccc(Br)cc3)cc2C(N)=O)CC1. The van der Waals surface area contributed by atoms with Crippen LogP contribution in [0.3, 0.4) is 0 Å². The number of benzene rings is 2. The Balaban J connectivity index is 1.59. The van der Waals surface area contributed by atoms with Crippen molar-refractivity contribution in [2.24, 2.45) is 5.73 Å².